The van der Waals surface area contributed by atoms with E-state index in [1.807, 2.05) is 36.4 Å². The van der Waals surface area contributed by atoms with Crippen LogP contribution in [0, 0.1) is 11.3 Å². The molecule has 0 saturated carbocycles. The smallest absolute Gasteiger partial charge is 0.172 e. The highest BCUT2D eigenvalue weighted by atomic mass is 79.9. The second kappa shape index (κ2) is 4.37. The number of aromatic nitrogens is 3. The monoisotopic (exact) mass is 313 g/mol. The van der Waals surface area contributed by atoms with Crippen molar-refractivity contribution in [3.05, 3.63) is 46.6 Å². The van der Waals surface area contributed by atoms with E-state index in [1.165, 1.54) is 10.7 Å². The molecule has 0 aliphatic carbocycles. The van der Waals surface area contributed by atoms with E-state index in [4.69, 9.17) is 11.0 Å². The zero-order valence-electron chi connectivity index (χ0n) is 9.71. The van der Waals surface area contributed by atoms with E-state index >= 15 is 0 Å². The van der Waals surface area contributed by atoms with Crippen LogP contribution in [0.5, 0.6) is 0 Å². The summed E-state index contributed by atoms with van der Waals surface area (Å²) in [5, 5.41) is 13.4. The minimum Gasteiger partial charge on any atom is -0.382 e. The van der Waals surface area contributed by atoms with Gasteiger partial charge in [-0.1, -0.05) is 30.3 Å². The number of nitrogens with two attached hydrogens (primary N) is 1. The van der Waals surface area contributed by atoms with E-state index in [0.717, 1.165) is 15.7 Å². The molecule has 5 nitrogen and oxygen atoms in total. The average Bonchev–Trinajstić information content (AvgIpc) is 2.79. The lowest BCUT2D eigenvalue weighted by atomic mass is 10.2. The number of fused-ring (bicyclic) bond motifs is 1. The van der Waals surface area contributed by atoms with Gasteiger partial charge < -0.3 is 5.73 Å². The lowest BCUT2D eigenvalue weighted by molar-refractivity contribution is 0.952. The van der Waals surface area contributed by atoms with Crippen LogP contribution >= 0.6 is 15.9 Å². The van der Waals surface area contributed by atoms with E-state index in [-0.39, 0.29) is 5.82 Å². The maximum atomic E-state index is 8.95. The summed E-state index contributed by atoms with van der Waals surface area (Å²) in [6.45, 7) is 0. The van der Waals surface area contributed by atoms with E-state index in [2.05, 4.69) is 26.0 Å². The van der Waals surface area contributed by atoms with Gasteiger partial charge in [-0.25, -0.2) is 4.98 Å². The van der Waals surface area contributed by atoms with Gasteiger partial charge in [0, 0.05) is 5.56 Å². The standard InChI is InChI=1S/C13H8BrN5/c14-10-11(8-4-2-1-3-5-8)18-19-12(16)9(6-15)7-17-13(10)19/h1-5,7H,16H2. The highest BCUT2D eigenvalue weighted by molar-refractivity contribution is 9.10. The molecular weight excluding hydrogens is 306 g/mol. The molecule has 0 atom stereocenters. The van der Waals surface area contributed by atoms with Gasteiger partial charge in [-0.05, 0) is 15.9 Å². The highest BCUT2D eigenvalue weighted by Crippen LogP contribution is 2.31. The zero-order chi connectivity index (χ0) is 13.4. The van der Waals surface area contributed by atoms with Crippen molar-refractivity contribution >= 4 is 27.4 Å². The van der Waals surface area contributed by atoms with Crippen LogP contribution in [0.2, 0.25) is 0 Å². The van der Waals surface area contributed by atoms with E-state index in [9.17, 15) is 0 Å². The van der Waals surface area contributed by atoms with E-state index in [1.54, 1.807) is 0 Å². The van der Waals surface area contributed by atoms with Crippen molar-refractivity contribution in [1.82, 2.24) is 14.6 Å². The van der Waals surface area contributed by atoms with Crippen LogP contribution in [0.15, 0.2) is 41.0 Å². The first-order chi connectivity index (χ1) is 9.22. The highest BCUT2D eigenvalue weighted by Gasteiger charge is 2.16. The number of halogens is 1. The molecule has 0 saturated heterocycles. The third-order valence-electron chi connectivity index (χ3n) is 2.79. The van der Waals surface area contributed by atoms with Crippen molar-refractivity contribution in [3.8, 4) is 17.3 Å². The lowest BCUT2D eigenvalue weighted by Crippen LogP contribution is -2.02. The average molecular weight is 314 g/mol. The molecule has 0 aliphatic heterocycles. The summed E-state index contributed by atoms with van der Waals surface area (Å²) in [6.07, 6.45) is 1.45. The molecule has 2 N–H and O–H groups in total. The van der Waals surface area contributed by atoms with Crippen LogP contribution in [0.4, 0.5) is 5.82 Å². The van der Waals surface area contributed by atoms with Gasteiger partial charge >= 0.3 is 0 Å². The molecule has 0 amide bonds. The third-order valence-corrected chi connectivity index (χ3v) is 3.52. The molecule has 3 rings (SSSR count). The van der Waals surface area contributed by atoms with Gasteiger partial charge in [0.15, 0.2) is 5.65 Å². The number of hydrogen-bond acceptors (Lipinski definition) is 4. The Hall–Kier alpha value is -2.39. The Morgan fingerprint density at radius 1 is 1.26 bits per heavy atom. The predicted molar refractivity (Wildman–Crippen MR) is 75.3 cm³/mol. The molecule has 92 valence electrons. The molecule has 19 heavy (non-hydrogen) atoms. The summed E-state index contributed by atoms with van der Waals surface area (Å²) in [5.41, 5.74) is 8.51. The molecule has 6 heteroatoms. The van der Waals surface area contributed by atoms with Crippen LogP contribution in [0.1, 0.15) is 5.56 Å². The Morgan fingerprint density at radius 2 is 2.00 bits per heavy atom. The van der Waals surface area contributed by atoms with E-state index < -0.39 is 0 Å². The maximum absolute atomic E-state index is 8.95. The molecule has 0 spiro atoms. The molecule has 0 bridgehead atoms. The minimum absolute atomic E-state index is 0.287. The fourth-order valence-corrected chi connectivity index (χ4v) is 2.42. The molecule has 1 aromatic carbocycles. The number of nitriles is 1. The van der Waals surface area contributed by atoms with Gasteiger partial charge in [-0.15, -0.1) is 0 Å². The Kier molecular flexibility index (Phi) is 2.69. The fourth-order valence-electron chi connectivity index (χ4n) is 1.84. The maximum Gasteiger partial charge on any atom is 0.172 e. The van der Waals surface area contributed by atoms with Gasteiger partial charge in [-0.3, -0.25) is 0 Å². The van der Waals surface area contributed by atoms with Gasteiger partial charge in [-0.2, -0.15) is 14.9 Å². The van der Waals surface area contributed by atoms with Crippen molar-refractivity contribution in [1.29, 1.82) is 5.26 Å². The van der Waals surface area contributed by atoms with Gasteiger partial charge in [0.1, 0.15) is 23.1 Å². The van der Waals surface area contributed by atoms with Gasteiger partial charge in [0.25, 0.3) is 0 Å². The van der Waals surface area contributed by atoms with Crippen LogP contribution in [-0.4, -0.2) is 14.6 Å². The normalized spacial score (nSPS) is 10.5. The number of rotatable bonds is 1. The molecule has 0 unspecified atom stereocenters. The van der Waals surface area contributed by atoms with Gasteiger partial charge in [0.05, 0.1) is 10.7 Å². The molecule has 3 aromatic rings. The number of nitrogens with zero attached hydrogens (tertiary/aromatic N) is 4. The summed E-state index contributed by atoms with van der Waals surface area (Å²) in [6, 6.07) is 11.7. The van der Waals surface area contributed by atoms with Crippen molar-refractivity contribution < 1.29 is 0 Å². The van der Waals surface area contributed by atoms with Crippen LogP contribution < -0.4 is 5.73 Å². The molecule has 2 aromatic heterocycles. The summed E-state index contributed by atoms with van der Waals surface area (Å²) >= 11 is 3.48. The number of anilines is 1. The zero-order valence-corrected chi connectivity index (χ0v) is 11.3. The van der Waals surface area contributed by atoms with Crippen molar-refractivity contribution in [2.24, 2.45) is 0 Å². The van der Waals surface area contributed by atoms with Crippen molar-refractivity contribution in [3.63, 3.8) is 0 Å². The fraction of sp³-hybridized carbons (Fsp3) is 0. The molecule has 0 fully saturated rings. The SMILES string of the molecule is N#Cc1cnc2c(Br)c(-c3ccccc3)nn2c1N. The van der Waals surface area contributed by atoms with Gasteiger partial charge in [0.2, 0.25) is 0 Å². The first kappa shape index (κ1) is 11.7. The third kappa shape index (κ3) is 1.75. The Balaban J connectivity index is 2.33. The Labute approximate surface area is 117 Å². The minimum atomic E-state index is 0.287. The van der Waals surface area contributed by atoms with Crippen LogP contribution in [0.25, 0.3) is 16.9 Å². The molecule has 0 aliphatic rings. The first-order valence-corrected chi connectivity index (χ1v) is 6.30. The van der Waals surface area contributed by atoms with Crippen LogP contribution in [-0.2, 0) is 0 Å². The second-order valence-electron chi connectivity index (χ2n) is 3.93. The topological polar surface area (TPSA) is 80.0 Å². The van der Waals surface area contributed by atoms with Crippen molar-refractivity contribution in [2.45, 2.75) is 0 Å². The molecular formula is C13H8BrN5. The van der Waals surface area contributed by atoms with Crippen LogP contribution in [0.3, 0.4) is 0 Å². The largest absolute Gasteiger partial charge is 0.382 e. The van der Waals surface area contributed by atoms with Crippen molar-refractivity contribution in [2.75, 3.05) is 5.73 Å². The summed E-state index contributed by atoms with van der Waals surface area (Å²) in [7, 11) is 0. The number of benzene rings is 1. The summed E-state index contributed by atoms with van der Waals surface area (Å²) in [5.74, 6) is 0.287. The predicted octanol–water partition coefficient (Wildman–Crippen LogP) is 2.61. The first-order valence-electron chi connectivity index (χ1n) is 5.50. The summed E-state index contributed by atoms with van der Waals surface area (Å²) < 4.78 is 2.24. The molecule has 0 radical (unpaired) electrons. The van der Waals surface area contributed by atoms with E-state index in [0.29, 0.717) is 11.2 Å². The Morgan fingerprint density at radius 3 is 2.68 bits per heavy atom. The Bertz CT molecular complexity index is 801. The molecule has 2 heterocycles. The summed E-state index contributed by atoms with van der Waals surface area (Å²) in [4.78, 5) is 4.21. The number of nitrogen functional groups attached to an aromatic ring is 1. The second-order valence-corrected chi connectivity index (χ2v) is 4.73. The number of hydrogen-bond donors (Lipinski definition) is 1. The quantitative estimate of drug-likeness (QED) is 0.749. The lowest BCUT2D eigenvalue weighted by Gasteiger charge is -1.99.